The van der Waals surface area contributed by atoms with E-state index in [-0.39, 0.29) is 17.6 Å². The van der Waals surface area contributed by atoms with Gasteiger partial charge in [-0.25, -0.2) is 0 Å². The van der Waals surface area contributed by atoms with Crippen molar-refractivity contribution in [3.8, 4) is 0 Å². The van der Waals surface area contributed by atoms with Crippen molar-refractivity contribution in [3.05, 3.63) is 63.7 Å². The number of aryl methyl sites for hydroxylation is 1. The summed E-state index contributed by atoms with van der Waals surface area (Å²) < 4.78 is 0. The van der Waals surface area contributed by atoms with Crippen LogP contribution >= 0.6 is 0 Å². The maximum absolute atomic E-state index is 12.3. The average Bonchev–Trinajstić information content (AvgIpc) is 2.65. The molecule has 2 aromatic carbocycles. The molecule has 0 heterocycles. The number of non-ortho nitro benzene ring substituents is 1. The molecule has 2 aromatic rings. The van der Waals surface area contributed by atoms with Crippen LogP contribution in [0.25, 0.3) is 0 Å². The molecule has 3 rings (SSSR count). The lowest BCUT2D eigenvalue weighted by atomic mass is 9.87. The normalized spacial score (nSPS) is 15.6. The molecule has 0 spiro atoms. The summed E-state index contributed by atoms with van der Waals surface area (Å²) in [5.74, 6) is 0.0372. The maximum Gasteiger partial charge on any atom is 0.269 e. The monoisotopic (exact) mass is 368 g/mol. The number of carbonyl (C=O) groups excluding carboxylic acids is 1. The number of benzene rings is 2. The Kier molecular flexibility index (Phi) is 5.90. The molecule has 7 heteroatoms. The first-order valence-electron chi connectivity index (χ1n) is 9.19. The number of nitrogen functional groups attached to an aromatic ring is 1. The summed E-state index contributed by atoms with van der Waals surface area (Å²) in [6, 6.07) is 12.2. The van der Waals surface area contributed by atoms with E-state index in [0.717, 1.165) is 30.6 Å². The summed E-state index contributed by atoms with van der Waals surface area (Å²) in [5.41, 5.74) is 9.89. The van der Waals surface area contributed by atoms with Gasteiger partial charge in [0.25, 0.3) is 5.69 Å². The molecule has 0 aliphatic heterocycles. The highest BCUT2D eigenvalue weighted by Crippen LogP contribution is 2.31. The third-order valence-corrected chi connectivity index (χ3v) is 4.80. The molecule has 142 valence electrons. The number of nitrogens with one attached hydrogen (secondary N) is 2. The van der Waals surface area contributed by atoms with E-state index in [0.29, 0.717) is 19.4 Å². The molecule has 27 heavy (non-hydrogen) atoms. The molecule has 1 aliphatic rings. The first-order valence-corrected chi connectivity index (χ1v) is 9.19. The van der Waals surface area contributed by atoms with Crippen LogP contribution in [-0.4, -0.2) is 17.4 Å². The average molecular weight is 368 g/mol. The minimum absolute atomic E-state index is 0.0372. The topological polar surface area (TPSA) is 110 Å². The molecule has 0 aromatic heterocycles. The van der Waals surface area contributed by atoms with Gasteiger partial charge in [-0.1, -0.05) is 6.07 Å². The number of rotatable bonds is 7. The van der Waals surface area contributed by atoms with E-state index in [4.69, 9.17) is 5.73 Å². The molecule has 1 aliphatic carbocycles. The van der Waals surface area contributed by atoms with Crippen molar-refractivity contribution in [1.29, 1.82) is 0 Å². The fourth-order valence-electron chi connectivity index (χ4n) is 3.43. The van der Waals surface area contributed by atoms with E-state index >= 15 is 0 Å². The molecule has 4 N–H and O–H groups in total. The van der Waals surface area contributed by atoms with E-state index in [9.17, 15) is 14.9 Å². The Balaban J connectivity index is 1.43. The van der Waals surface area contributed by atoms with Crippen molar-refractivity contribution in [2.75, 3.05) is 17.6 Å². The Morgan fingerprint density at radius 3 is 2.74 bits per heavy atom. The van der Waals surface area contributed by atoms with Gasteiger partial charge in [-0.15, -0.1) is 0 Å². The number of hydrogen-bond donors (Lipinski definition) is 3. The van der Waals surface area contributed by atoms with Gasteiger partial charge in [-0.2, -0.15) is 0 Å². The standard InChI is InChI=1S/C20H24N4O3/c21-15-6-11-18-14(13-15)3-1-4-19(18)23-20(25)5-2-12-22-16-7-9-17(10-8-16)24(26)27/h6-11,13,19,22H,1-5,12,21H2,(H,23,25). The quantitative estimate of drug-likeness (QED) is 0.299. The second kappa shape index (κ2) is 8.53. The van der Waals surface area contributed by atoms with Gasteiger partial charge in [0.05, 0.1) is 11.0 Å². The fourth-order valence-corrected chi connectivity index (χ4v) is 3.43. The first kappa shape index (κ1) is 18.7. The lowest BCUT2D eigenvalue weighted by molar-refractivity contribution is -0.384. The number of hydrogen-bond acceptors (Lipinski definition) is 5. The van der Waals surface area contributed by atoms with Gasteiger partial charge in [-0.3, -0.25) is 14.9 Å². The summed E-state index contributed by atoms with van der Waals surface area (Å²) >= 11 is 0. The molecule has 0 fully saturated rings. The Morgan fingerprint density at radius 2 is 2.00 bits per heavy atom. The Bertz CT molecular complexity index is 820. The van der Waals surface area contributed by atoms with Crippen molar-refractivity contribution < 1.29 is 9.72 Å². The van der Waals surface area contributed by atoms with Crippen molar-refractivity contribution in [1.82, 2.24) is 5.32 Å². The van der Waals surface area contributed by atoms with Gasteiger partial charge in [0, 0.05) is 36.5 Å². The van der Waals surface area contributed by atoms with Crippen LogP contribution in [0.1, 0.15) is 42.9 Å². The van der Waals surface area contributed by atoms with Gasteiger partial charge >= 0.3 is 0 Å². The smallest absolute Gasteiger partial charge is 0.269 e. The minimum Gasteiger partial charge on any atom is -0.399 e. The van der Waals surface area contributed by atoms with E-state index in [2.05, 4.69) is 10.6 Å². The second-order valence-corrected chi connectivity index (χ2v) is 6.80. The molecule has 0 saturated heterocycles. The van der Waals surface area contributed by atoms with Gasteiger partial charge in [-0.05, 0) is 61.1 Å². The first-order chi connectivity index (χ1) is 13.0. The SMILES string of the molecule is Nc1ccc2c(c1)CCCC2NC(=O)CCCNc1ccc([N+](=O)[O-])cc1. The van der Waals surface area contributed by atoms with E-state index in [1.54, 1.807) is 12.1 Å². The summed E-state index contributed by atoms with van der Waals surface area (Å²) in [4.78, 5) is 22.5. The van der Waals surface area contributed by atoms with Crippen molar-refractivity contribution in [2.24, 2.45) is 0 Å². The Morgan fingerprint density at radius 1 is 1.22 bits per heavy atom. The van der Waals surface area contributed by atoms with Crippen molar-refractivity contribution in [2.45, 2.75) is 38.1 Å². The molecular formula is C20H24N4O3. The number of nitrogens with zero attached hydrogens (tertiary/aromatic N) is 1. The zero-order valence-corrected chi connectivity index (χ0v) is 15.1. The van der Waals surface area contributed by atoms with Crippen LogP contribution in [0.4, 0.5) is 17.1 Å². The number of fused-ring (bicyclic) bond motifs is 1. The van der Waals surface area contributed by atoms with Crippen LogP contribution < -0.4 is 16.4 Å². The predicted octanol–water partition coefficient (Wildman–Crippen LogP) is 3.56. The van der Waals surface area contributed by atoms with Crippen LogP contribution in [-0.2, 0) is 11.2 Å². The molecule has 0 radical (unpaired) electrons. The number of nitro groups is 1. The van der Waals surface area contributed by atoms with E-state index in [1.165, 1.54) is 23.3 Å². The zero-order valence-electron chi connectivity index (χ0n) is 15.1. The van der Waals surface area contributed by atoms with Crippen molar-refractivity contribution >= 4 is 23.0 Å². The molecule has 1 unspecified atom stereocenters. The largest absolute Gasteiger partial charge is 0.399 e. The minimum atomic E-state index is -0.425. The van der Waals surface area contributed by atoms with Crippen LogP contribution in [0, 0.1) is 10.1 Å². The summed E-state index contributed by atoms with van der Waals surface area (Å²) in [5, 5.41) is 16.9. The molecule has 0 bridgehead atoms. The van der Waals surface area contributed by atoms with Crippen LogP contribution in [0.15, 0.2) is 42.5 Å². The van der Waals surface area contributed by atoms with Crippen LogP contribution in [0.3, 0.4) is 0 Å². The fraction of sp³-hybridized carbons (Fsp3) is 0.350. The van der Waals surface area contributed by atoms with Gasteiger partial charge < -0.3 is 16.4 Å². The number of nitro benzene ring substituents is 1. The Labute approximate surface area is 158 Å². The lowest BCUT2D eigenvalue weighted by Crippen LogP contribution is -2.31. The molecular weight excluding hydrogens is 344 g/mol. The molecule has 0 saturated carbocycles. The molecule has 1 atom stereocenters. The Hall–Kier alpha value is -3.09. The van der Waals surface area contributed by atoms with E-state index in [1.807, 2.05) is 18.2 Å². The maximum atomic E-state index is 12.3. The molecule has 7 nitrogen and oxygen atoms in total. The van der Waals surface area contributed by atoms with Gasteiger partial charge in [0.15, 0.2) is 0 Å². The summed E-state index contributed by atoms with van der Waals surface area (Å²) in [6.07, 6.45) is 4.11. The van der Waals surface area contributed by atoms with Crippen LogP contribution in [0.5, 0.6) is 0 Å². The second-order valence-electron chi connectivity index (χ2n) is 6.80. The summed E-state index contributed by atoms with van der Waals surface area (Å²) in [6.45, 7) is 0.628. The predicted molar refractivity (Wildman–Crippen MR) is 105 cm³/mol. The highest BCUT2D eigenvalue weighted by atomic mass is 16.6. The molecule has 1 amide bonds. The third-order valence-electron chi connectivity index (χ3n) is 4.80. The number of anilines is 2. The van der Waals surface area contributed by atoms with Crippen LogP contribution in [0.2, 0.25) is 0 Å². The summed E-state index contributed by atoms with van der Waals surface area (Å²) in [7, 11) is 0. The lowest BCUT2D eigenvalue weighted by Gasteiger charge is -2.26. The third kappa shape index (κ3) is 4.97. The number of amides is 1. The number of nitrogens with two attached hydrogens (primary N) is 1. The zero-order chi connectivity index (χ0) is 19.2. The highest BCUT2D eigenvalue weighted by molar-refractivity contribution is 5.76. The van der Waals surface area contributed by atoms with E-state index < -0.39 is 4.92 Å². The van der Waals surface area contributed by atoms with Gasteiger partial charge in [0.1, 0.15) is 0 Å². The number of carbonyl (C=O) groups is 1. The van der Waals surface area contributed by atoms with Gasteiger partial charge in [0.2, 0.25) is 5.91 Å². The van der Waals surface area contributed by atoms with Crippen molar-refractivity contribution in [3.63, 3.8) is 0 Å². The highest BCUT2D eigenvalue weighted by Gasteiger charge is 2.21.